The minimum Gasteiger partial charge on any atom is -0.349 e. The van der Waals surface area contributed by atoms with Gasteiger partial charge >= 0.3 is 0 Å². The van der Waals surface area contributed by atoms with Crippen molar-refractivity contribution >= 4 is 34.1 Å². The minimum absolute atomic E-state index is 0. The largest absolute Gasteiger partial charge is 0.349 e. The number of nitrogens with one attached hydrogen (secondary N) is 1. The third-order valence-corrected chi connectivity index (χ3v) is 9.74. The molecule has 3 aliphatic rings. The third kappa shape index (κ3) is 7.86. The molecule has 3 fully saturated rings. The summed E-state index contributed by atoms with van der Waals surface area (Å²) in [6.07, 6.45) is 9.59. The minimum atomic E-state index is -3.25. The Bertz CT molecular complexity index is 1240. The fourth-order valence-electron chi connectivity index (χ4n) is 5.88. The van der Waals surface area contributed by atoms with Gasteiger partial charge in [0, 0.05) is 43.9 Å². The van der Waals surface area contributed by atoms with Crippen molar-refractivity contribution in [2.45, 2.75) is 80.8 Å². The van der Waals surface area contributed by atoms with Crippen LogP contribution in [-0.2, 0) is 25.8 Å². The molecular formula is C31H42ClN3O4S. The van der Waals surface area contributed by atoms with Crippen molar-refractivity contribution in [3.63, 3.8) is 0 Å². The first-order valence-corrected chi connectivity index (χ1v) is 16.3. The molecule has 0 bridgehead atoms. The molecule has 1 heterocycles. The normalized spacial score (nSPS) is 19.2. The lowest BCUT2D eigenvalue weighted by Crippen LogP contribution is -2.49. The first-order valence-electron chi connectivity index (χ1n) is 14.5. The van der Waals surface area contributed by atoms with Gasteiger partial charge in [0.25, 0.3) is 0 Å². The molecule has 1 aliphatic heterocycles. The zero-order chi connectivity index (χ0) is 27.4. The quantitative estimate of drug-likeness (QED) is 0.417. The first kappa shape index (κ1) is 30.5. The second-order valence-electron chi connectivity index (χ2n) is 11.6. The van der Waals surface area contributed by atoms with E-state index >= 15 is 0 Å². The van der Waals surface area contributed by atoms with Crippen molar-refractivity contribution in [3.05, 3.63) is 65.7 Å². The zero-order valence-electron chi connectivity index (χ0n) is 23.3. The van der Waals surface area contributed by atoms with Crippen LogP contribution < -0.4 is 5.32 Å². The molecule has 2 aliphatic carbocycles. The molecule has 0 radical (unpaired) electrons. The number of hydrogen-bond donors (Lipinski definition) is 1. The van der Waals surface area contributed by atoms with Crippen LogP contribution in [0.4, 0.5) is 0 Å². The Hall–Kier alpha value is -2.42. The predicted octanol–water partition coefficient (Wildman–Crippen LogP) is 4.56. The van der Waals surface area contributed by atoms with E-state index in [4.69, 9.17) is 0 Å². The molecular weight excluding hydrogens is 546 g/mol. The molecule has 1 atom stereocenters. The predicted molar refractivity (Wildman–Crippen MR) is 159 cm³/mol. The number of carbonyl (C=O) groups excluding carboxylic acids is 2. The molecule has 2 saturated carbocycles. The number of sulfone groups is 1. The second kappa shape index (κ2) is 13.5. The number of piperidine rings is 1. The summed E-state index contributed by atoms with van der Waals surface area (Å²) in [5.74, 6) is 0.514. The Morgan fingerprint density at radius 1 is 0.925 bits per heavy atom. The molecule has 2 amide bonds. The van der Waals surface area contributed by atoms with Gasteiger partial charge in [0.15, 0.2) is 9.84 Å². The molecule has 1 saturated heterocycles. The summed E-state index contributed by atoms with van der Waals surface area (Å²) in [6.45, 7) is 2.81. The molecule has 40 heavy (non-hydrogen) atoms. The topological polar surface area (TPSA) is 86.8 Å². The molecule has 5 rings (SSSR count). The number of halogens is 1. The highest BCUT2D eigenvalue weighted by molar-refractivity contribution is 7.90. The summed E-state index contributed by atoms with van der Waals surface area (Å²) in [5.41, 5.74) is 2.02. The number of hydrogen-bond acceptors (Lipinski definition) is 5. The number of carbonyl (C=O) groups is 2. The Labute approximate surface area is 245 Å². The van der Waals surface area contributed by atoms with Gasteiger partial charge in [-0.15, -0.1) is 12.4 Å². The van der Waals surface area contributed by atoms with Gasteiger partial charge in [-0.05, 0) is 68.2 Å². The van der Waals surface area contributed by atoms with Gasteiger partial charge in [0.1, 0.15) is 0 Å². The average molecular weight is 588 g/mol. The third-order valence-electron chi connectivity index (χ3n) is 8.61. The van der Waals surface area contributed by atoms with Gasteiger partial charge in [0.2, 0.25) is 11.8 Å². The van der Waals surface area contributed by atoms with Crippen LogP contribution in [0.1, 0.15) is 68.5 Å². The van der Waals surface area contributed by atoms with Crippen LogP contribution in [0.3, 0.4) is 0 Å². The standard InChI is InChI=1S/C31H41N3O4S.ClH/c1-39(37,38)28-14-10-23(11-15-28)22-30(35)34(26-12-13-26)27-16-19-33(20-17-27)21-18-29(24-6-3-2-4-7-24)32-31(36)25-8-5-9-25;/h2-4,6-7,10-11,14-15,25-27,29H,5,8-9,12-13,16-22H2,1H3,(H,32,36);1H. The highest BCUT2D eigenvalue weighted by atomic mass is 35.5. The van der Waals surface area contributed by atoms with E-state index in [0.717, 1.165) is 82.1 Å². The zero-order valence-corrected chi connectivity index (χ0v) is 25.0. The van der Waals surface area contributed by atoms with Crippen molar-refractivity contribution in [2.75, 3.05) is 25.9 Å². The van der Waals surface area contributed by atoms with E-state index in [2.05, 4.69) is 27.2 Å². The molecule has 2 aromatic rings. The molecule has 2 aromatic carbocycles. The Morgan fingerprint density at radius 3 is 2.10 bits per heavy atom. The fourth-order valence-corrected chi connectivity index (χ4v) is 6.51. The van der Waals surface area contributed by atoms with E-state index in [1.807, 2.05) is 18.2 Å². The van der Waals surface area contributed by atoms with Gasteiger partial charge in [-0.1, -0.05) is 48.9 Å². The number of likely N-dealkylation sites (tertiary alicyclic amines) is 1. The summed E-state index contributed by atoms with van der Waals surface area (Å²) in [4.78, 5) is 31.0. The van der Waals surface area contributed by atoms with Crippen molar-refractivity contribution in [3.8, 4) is 0 Å². The van der Waals surface area contributed by atoms with Crippen molar-refractivity contribution in [1.29, 1.82) is 0 Å². The van der Waals surface area contributed by atoms with Crippen molar-refractivity contribution < 1.29 is 18.0 Å². The van der Waals surface area contributed by atoms with Gasteiger partial charge < -0.3 is 15.1 Å². The summed E-state index contributed by atoms with van der Waals surface area (Å²) in [7, 11) is -3.25. The van der Waals surface area contributed by atoms with Gasteiger partial charge in [-0.25, -0.2) is 8.42 Å². The van der Waals surface area contributed by atoms with Crippen molar-refractivity contribution in [1.82, 2.24) is 15.1 Å². The lowest BCUT2D eigenvalue weighted by Gasteiger charge is -2.39. The summed E-state index contributed by atoms with van der Waals surface area (Å²) >= 11 is 0. The average Bonchev–Trinajstić information content (AvgIpc) is 3.72. The fraction of sp³-hybridized carbons (Fsp3) is 0.548. The molecule has 0 aromatic heterocycles. The molecule has 218 valence electrons. The van der Waals surface area contributed by atoms with Crippen LogP contribution in [0.2, 0.25) is 0 Å². The second-order valence-corrected chi connectivity index (χ2v) is 13.6. The summed E-state index contributed by atoms with van der Waals surface area (Å²) in [6, 6.07) is 17.6. The van der Waals surface area contributed by atoms with E-state index in [-0.39, 0.29) is 47.1 Å². The number of rotatable bonds is 11. The molecule has 1 N–H and O–H groups in total. The van der Waals surface area contributed by atoms with Gasteiger partial charge in [-0.3, -0.25) is 9.59 Å². The first-order chi connectivity index (χ1) is 18.8. The SMILES string of the molecule is CS(=O)(=O)c1ccc(CC(=O)N(C2CC2)C2CCN(CCC(NC(=O)C3CCC3)c3ccccc3)CC2)cc1.Cl. The Kier molecular flexibility index (Phi) is 10.3. The van der Waals surface area contributed by atoms with E-state index in [9.17, 15) is 18.0 Å². The Balaban J connectivity index is 0.00000370. The molecule has 1 unspecified atom stereocenters. The van der Waals surface area contributed by atoms with Crippen LogP contribution >= 0.6 is 12.4 Å². The van der Waals surface area contributed by atoms with Crippen LogP contribution in [0.15, 0.2) is 59.5 Å². The summed E-state index contributed by atoms with van der Waals surface area (Å²) in [5, 5.41) is 3.32. The number of benzene rings is 2. The maximum atomic E-state index is 13.4. The van der Waals surface area contributed by atoms with Crippen LogP contribution in [-0.4, -0.2) is 68.0 Å². The lowest BCUT2D eigenvalue weighted by molar-refractivity contribution is -0.134. The monoisotopic (exact) mass is 587 g/mol. The highest BCUT2D eigenvalue weighted by Gasteiger charge is 2.38. The maximum Gasteiger partial charge on any atom is 0.227 e. The van der Waals surface area contributed by atoms with Crippen LogP contribution in [0, 0.1) is 5.92 Å². The van der Waals surface area contributed by atoms with Crippen molar-refractivity contribution in [2.24, 2.45) is 5.92 Å². The van der Waals surface area contributed by atoms with Gasteiger partial charge in [-0.2, -0.15) is 0 Å². The van der Waals surface area contributed by atoms with E-state index in [0.29, 0.717) is 12.5 Å². The number of amides is 2. The number of nitrogens with zero attached hydrogens (tertiary/aromatic N) is 2. The van der Waals surface area contributed by atoms with E-state index in [1.165, 1.54) is 6.26 Å². The molecule has 7 nitrogen and oxygen atoms in total. The van der Waals surface area contributed by atoms with Gasteiger partial charge in [0.05, 0.1) is 17.4 Å². The van der Waals surface area contributed by atoms with E-state index < -0.39 is 9.84 Å². The maximum absolute atomic E-state index is 13.4. The smallest absolute Gasteiger partial charge is 0.227 e. The highest BCUT2D eigenvalue weighted by Crippen LogP contribution is 2.33. The van der Waals surface area contributed by atoms with Crippen LogP contribution in [0.5, 0.6) is 0 Å². The Morgan fingerprint density at radius 2 is 1.55 bits per heavy atom. The lowest BCUT2D eigenvalue weighted by atomic mass is 9.84. The molecule has 9 heteroatoms. The summed E-state index contributed by atoms with van der Waals surface area (Å²) < 4.78 is 23.5. The van der Waals surface area contributed by atoms with E-state index in [1.54, 1.807) is 24.3 Å². The molecule has 0 spiro atoms. The van der Waals surface area contributed by atoms with Crippen LogP contribution in [0.25, 0.3) is 0 Å².